The molecule has 92 valence electrons. The van der Waals surface area contributed by atoms with Gasteiger partial charge in [0.25, 0.3) is 6.43 Å². The minimum Gasteiger partial charge on any atom is -0.256 e. The van der Waals surface area contributed by atoms with Crippen molar-refractivity contribution in [2.75, 3.05) is 0 Å². The number of hydrogen-bond acceptors (Lipinski definition) is 2. The molecule has 1 aromatic rings. The predicted octanol–water partition coefficient (Wildman–Crippen LogP) is 3.41. The van der Waals surface area contributed by atoms with E-state index in [2.05, 4.69) is 4.98 Å². The van der Waals surface area contributed by atoms with Crippen molar-refractivity contribution in [1.82, 2.24) is 4.98 Å². The second-order valence-corrected chi connectivity index (χ2v) is 3.29. The van der Waals surface area contributed by atoms with Crippen LogP contribution in [0.1, 0.15) is 28.9 Å². The van der Waals surface area contributed by atoms with E-state index in [0.29, 0.717) is 6.07 Å². The highest BCUT2D eigenvalue weighted by atomic mass is 19.4. The molecule has 0 atom stereocenters. The first-order chi connectivity index (χ1) is 7.77. The minimum absolute atomic E-state index is 0.312. The van der Waals surface area contributed by atoms with Crippen LogP contribution in [0.4, 0.5) is 22.0 Å². The third kappa shape index (κ3) is 2.90. The van der Waals surface area contributed by atoms with Gasteiger partial charge in [0.1, 0.15) is 0 Å². The highest BCUT2D eigenvalue weighted by Gasteiger charge is 2.34. The molecule has 0 aliphatic carbocycles. The highest BCUT2D eigenvalue weighted by molar-refractivity contribution is 5.34. The molecule has 0 spiro atoms. The number of hydrogen-bond donors (Lipinski definition) is 0. The molecule has 2 nitrogen and oxygen atoms in total. The van der Waals surface area contributed by atoms with Gasteiger partial charge in [-0.25, -0.2) is 8.78 Å². The Bertz CT molecular complexity index is 459. The van der Waals surface area contributed by atoms with Gasteiger partial charge in [0.05, 0.1) is 23.7 Å². The Labute approximate surface area is 93.7 Å². The largest absolute Gasteiger partial charge is 0.418 e. The van der Waals surface area contributed by atoms with Crippen LogP contribution in [0.15, 0.2) is 6.07 Å². The molecule has 0 bridgehead atoms. The van der Waals surface area contributed by atoms with E-state index in [9.17, 15) is 22.0 Å². The summed E-state index contributed by atoms with van der Waals surface area (Å²) in [5, 5.41) is 8.39. The predicted molar refractivity (Wildman–Crippen MR) is 48.3 cm³/mol. The van der Waals surface area contributed by atoms with Crippen LogP contribution < -0.4 is 0 Å². The van der Waals surface area contributed by atoms with Gasteiger partial charge < -0.3 is 0 Å². The standard InChI is InChI=1S/C10H7F5N2/c1-5-7(10(13,14)15)4-6(9(11)12)8(17-5)2-3-16/h4,9H,2H2,1H3. The molecule has 0 aliphatic heterocycles. The molecule has 0 aromatic carbocycles. The summed E-state index contributed by atoms with van der Waals surface area (Å²) >= 11 is 0. The van der Waals surface area contributed by atoms with Crippen molar-refractivity contribution in [1.29, 1.82) is 5.26 Å². The quantitative estimate of drug-likeness (QED) is 0.754. The smallest absolute Gasteiger partial charge is 0.256 e. The lowest BCUT2D eigenvalue weighted by molar-refractivity contribution is -0.138. The summed E-state index contributed by atoms with van der Waals surface area (Å²) in [6, 6.07) is 1.95. The fraction of sp³-hybridized carbons (Fsp3) is 0.400. The van der Waals surface area contributed by atoms with E-state index < -0.39 is 35.8 Å². The average Bonchev–Trinajstić information content (AvgIpc) is 2.15. The van der Waals surface area contributed by atoms with E-state index in [-0.39, 0.29) is 5.69 Å². The van der Waals surface area contributed by atoms with Crippen LogP contribution >= 0.6 is 0 Å². The minimum atomic E-state index is -4.73. The Morgan fingerprint density at radius 1 is 1.41 bits per heavy atom. The first-order valence-corrected chi connectivity index (χ1v) is 4.50. The molecular weight excluding hydrogens is 243 g/mol. The lowest BCUT2D eigenvalue weighted by Crippen LogP contribution is -2.12. The molecule has 0 amide bonds. The third-order valence-corrected chi connectivity index (χ3v) is 2.11. The maximum atomic E-state index is 12.5. The van der Waals surface area contributed by atoms with Gasteiger partial charge in [0.15, 0.2) is 0 Å². The van der Waals surface area contributed by atoms with Gasteiger partial charge in [-0.2, -0.15) is 18.4 Å². The first-order valence-electron chi connectivity index (χ1n) is 4.50. The van der Waals surface area contributed by atoms with Crippen molar-refractivity contribution in [3.63, 3.8) is 0 Å². The number of nitriles is 1. The molecule has 7 heteroatoms. The zero-order valence-electron chi connectivity index (χ0n) is 8.65. The zero-order valence-corrected chi connectivity index (χ0v) is 8.65. The number of aromatic nitrogens is 1. The monoisotopic (exact) mass is 250 g/mol. The summed E-state index contributed by atoms with van der Waals surface area (Å²) in [6.45, 7) is 1.07. The topological polar surface area (TPSA) is 36.7 Å². The Morgan fingerprint density at radius 3 is 2.41 bits per heavy atom. The maximum absolute atomic E-state index is 12.5. The normalized spacial score (nSPS) is 11.6. The van der Waals surface area contributed by atoms with Crippen LogP contribution in [0.5, 0.6) is 0 Å². The lowest BCUT2D eigenvalue weighted by Gasteiger charge is -2.13. The van der Waals surface area contributed by atoms with Gasteiger partial charge in [-0.3, -0.25) is 4.98 Å². The first kappa shape index (κ1) is 13.4. The molecule has 17 heavy (non-hydrogen) atoms. The summed E-state index contributed by atoms with van der Waals surface area (Å²) in [5.41, 5.74) is -2.76. The average molecular weight is 250 g/mol. The zero-order chi connectivity index (χ0) is 13.2. The number of rotatable bonds is 2. The lowest BCUT2D eigenvalue weighted by atomic mass is 10.1. The van der Waals surface area contributed by atoms with E-state index in [1.165, 1.54) is 0 Å². The van der Waals surface area contributed by atoms with E-state index >= 15 is 0 Å². The number of aryl methyl sites for hydroxylation is 1. The van der Waals surface area contributed by atoms with Crippen LogP contribution in [-0.2, 0) is 12.6 Å². The SMILES string of the molecule is Cc1nc(CC#N)c(C(F)F)cc1C(F)(F)F. The number of pyridine rings is 1. The molecule has 1 heterocycles. The van der Waals surface area contributed by atoms with Crippen molar-refractivity contribution < 1.29 is 22.0 Å². The Kier molecular flexibility index (Phi) is 3.66. The van der Waals surface area contributed by atoms with Gasteiger partial charge in [-0.05, 0) is 13.0 Å². The second-order valence-electron chi connectivity index (χ2n) is 3.29. The molecule has 0 unspecified atom stereocenters. The van der Waals surface area contributed by atoms with Gasteiger partial charge in [-0.1, -0.05) is 0 Å². The Balaban J connectivity index is 3.41. The van der Waals surface area contributed by atoms with Crippen molar-refractivity contribution in [2.24, 2.45) is 0 Å². The molecule has 0 saturated heterocycles. The van der Waals surface area contributed by atoms with Crippen LogP contribution in [0.3, 0.4) is 0 Å². The van der Waals surface area contributed by atoms with Crippen molar-refractivity contribution in [2.45, 2.75) is 25.9 Å². The molecule has 1 aromatic heterocycles. The van der Waals surface area contributed by atoms with Crippen LogP contribution in [0, 0.1) is 18.3 Å². The van der Waals surface area contributed by atoms with Crippen LogP contribution in [0.25, 0.3) is 0 Å². The number of alkyl halides is 5. The molecule has 0 N–H and O–H groups in total. The van der Waals surface area contributed by atoms with Gasteiger partial charge in [-0.15, -0.1) is 0 Å². The molecule has 0 fully saturated rings. The third-order valence-electron chi connectivity index (χ3n) is 2.11. The van der Waals surface area contributed by atoms with Crippen molar-refractivity contribution in [3.05, 3.63) is 28.6 Å². The van der Waals surface area contributed by atoms with E-state index in [1.54, 1.807) is 6.07 Å². The molecule has 0 aliphatic rings. The maximum Gasteiger partial charge on any atom is 0.418 e. The molecule has 0 saturated carbocycles. The number of halogens is 5. The van der Waals surface area contributed by atoms with Gasteiger partial charge in [0.2, 0.25) is 0 Å². The Morgan fingerprint density at radius 2 is 2.00 bits per heavy atom. The van der Waals surface area contributed by atoms with E-state index in [4.69, 9.17) is 5.26 Å². The number of nitrogens with zero attached hydrogens (tertiary/aromatic N) is 2. The van der Waals surface area contributed by atoms with E-state index in [1.807, 2.05) is 0 Å². The molecule has 0 radical (unpaired) electrons. The second kappa shape index (κ2) is 4.65. The van der Waals surface area contributed by atoms with Gasteiger partial charge in [0, 0.05) is 11.3 Å². The highest BCUT2D eigenvalue weighted by Crippen LogP contribution is 2.34. The summed E-state index contributed by atoms with van der Waals surface area (Å²) in [7, 11) is 0. The van der Waals surface area contributed by atoms with Crippen LogP contribution in [0.2, 0.25) is 0 Å². The summed E-state index contributed by atoms with van der Waals surface area (Å²) in [6.07, 6.45) is -8.27. The molecule has 1 rings (SSSR count). The van der Waals surface area contributed by atoms with E-state index in [0.717, 1.165) is 6.92 Å². The van der Waals surface area contributed by atoms with Crippen molar-refractivity contribution >= 4 is 0 Å². The summed E-state index contributed by atoms with van der Waals surface area (Å²) in [4.78, 5) is 3.43. The summed E-state index contributed by atoms with van der Waals surface area (Å²) in [5.74, 6) is 0. The molecular formula is C10H7F5N2. The van der Waals surface area contributed by atoms with Crippen molar-refractivity contribution in [3.8, 4) is 6.07 Å². The van der Waals surface area contributed by atoms with Gasteiger partial charge >= 0.3 is 6.18 Å². The fourth-order valence-electron chi connectivity index (χ4n) is 1.36. The van der Waals surface area contributed by atoms with Crippen LogP contribution in [-0.4, -0.2) is 4.98 Å². The Hall–Kier alpha value is -1.71. The summed E-state index contributed by atoms with van der Waals surface area (Å²) < 4.78 is 62.4. The fourth-order valence-corrected chi connectivity index (χ4v) is 1.36.